The van der Waals surface area contributed by atoms with E-state index in [1.807, 2.05) is 11.9 Å². The highest BCUT2D eigenvalue weighted by atomic mass is 16.2. The van der Waals surface area contributed by atoms with Gasteiger partial charge in [0.05, 0.1) is 0 Å². The van der Waals surface area contributed by atoms with Crippen LogP contribution >= 0.6 is 0 Å². The molecule has 160 valence electrons. The number of hydrogen-bond donors (Lipinski definition) is 1. The maximum Gasteiger partial charge on any atom is 0.317 e. The third-order valence-corrected chi connectivity index (χ3v) is 7.12. The average molecular weight is 400 g/mol. The average Bonchev–Trinajstić information content (AvgIpc) is 3.45. The molecule has 3 aliphatic heterocycles. The lowest BCUT2D eigenvalue weighted by atomic mass is 10.0. The zero-order valence-electron chi connectivity index (χ0n) is 18.1. The topological polar surface area (TPSA) is 42.1 Å². The van der Waals surface area contributed by atoms with Crippen LogP contribution in [0.4, 0.5) is 10.5 Å². The maximum atomic E-state index is 12.7. The number of rotatable bonds is 5. The van der Waals surface area contributed by atoms with Gasteiger partial charge in [0.2, 0.25) is 0 Å². The number of nitrogens with one attached hydrogen (secondary N) is 1. The van der Waals surface area contributed by atoms with Crippen LogP contribution in [0.2, 0.25) is 0 Å². The maximum absolute atomic E-state index is 12.7. The number of carbonyl (C=O) groups excluding carboxylic acids is 1. The number of urea groups is 1. The Hall–Kier alpha value is -1.79. The summed E-state index contributed by atoms with van der Waals surface area (Å²) in [5.74, 6) is 0. The Balaban J connectivity index is 1.22. The minimum Gasteiger partial charge on any atom is -0.372 e. The number of piperidine rings is 1. The summed E-state index contributed by atoms with van der Waals surface area (Å²) in [6.45, 7) is 7.44. The van der Waals surface area contributed by atoms with Crippen LogP contribution < -0.4 is 10.2 Å². The molecule has 3 heterocycles. The van der Waals surface area contributed by atoms with E-state index in [2.05, 4.69) is 51.3 Å². The minimum atomic E-state index is 0.0452. The Kier molecular flexibility index (Phi) is 6.60. The van der Waals surface area contributed by atoms with Crippen LogP contribution in [0.5, 0.6) is 0 Å². The van der Waals surface area contributed by atoms with Crippen LogP contribution in [0.15, 0.2) is 24.3 Å². The number of carbonyl (C=O) groups is 1. The fourth-order valence-corrected chi connectivity index (χ4v) is 5.04. The molecule has 6 heteroatoms. The molecule has 6 nitrogen and oxygen atoms in total. The van der Waals surface area contributed by atoms with Gasteiger partial charge in [0.15, 0.2) is 0 Å². The van der Waals surface area contributed by atoms with Crippen molar-refractivity contribution in [2.24, 2.45) is 0 Å². The Morgan fingerprint density at radius 2 is 1.72 bits per heavy atom. The number of hydrogen-bond acceptors (Lipinski definition) is 4. The van der Waals surface area contributed by atoms with E-state index in [1.165, 1.54) is 44.5 Å². The van der Waals surface area contributed by atoms with Gasteiger partial charge in [-0.25, -0.2) is 4.79 Å². The molecule has 29 heavy (non-hydrogen) atoms. The third-order valence-electron chi connectivity index (χ3n) is 7.12. The van der Waals surface area contributed by atoms with Crippen LogP contribution in [0.25, 0.3) is 0 Å². The fourth-order valence-electron chi connectivity index (χ4n) is 5.04. The molecule has 0 aliphatic carbocycles. The molecule has 3 saturated heterocycles. The number of anilines is 1. The summed E-state index contributed by atoms with van der Waals surface area (Å²) in [6.07, 6.45) is 6.18. The summed E-state index contributed by atoms with van der Waals surface area (Å²) in [6, 6.07) is 9.73. The normalized spacial score (nSPS) is 24.2. The quantitative estimate of drug-likeness (QED) is 0.826. The van der Waals surface area contributed by atoms with Crippen LogP contribution in [-0.4, -0.2) is 86.2 Å². The molecule has 0 radical (unpaired) electrons. The Labute approximate surface area is 175 Å². The zero-order valence-corrected chi connectivity index (χ0v) is 18.1. The van der Waals surface area contributed by atoms with Crippen LogP contribution in [-0.2, 0) is 6.54 Å². The predicted molar refractivity (Wildman–Crippen MR) is 118 cm³/mol. The van der Waals surface area contributed by atoms with E-state index in [-0.39, 0.29) is 6.03 Å². The molecule has 3 fully saturated rings. The standard InChI is InChI=1S/C23H37N5O/c1-25-14-9-21(10-15-25)28-16-11-22(18-28)26(2)23(29)24-17-19-5-7-20(8-6-19)27-12-3-4-13-27/h5-8,21-22H,3-4,9-18H2,1-2H3,(H,24,29). The van der Waals surface area contributed by atoms with Gasteiger partial charge >= 0.3 is 6.03 Å². The smallest absolute Gasteiger partial charge is 0.317 e. The highest BCUT2D eigenvalue weighted by Gasteiger charge is 2.33. The van der Waals surface area contributed by atoms with Crippen LogP contribution in [0, 0.1) is 0 Å². The van der Waals surface area contributed by atoms with Gasteiger partial charge in [-0.2, -0.15) is 0 Å². The molecule has 1 aromatic rings. The van der Waals surface area contributed by atoms with Crippen molar-refractivity contribution in [1.82, 2.24) is 20.0 Å². The molecule has 1 atom stereocenters. The molecule has 1 unspecified atom stereocenters. The lowest BCUT2D eigenvalue weighted by Gasteiger charge is -2.35. The summed E-state index contributed by atoms with van der Waals surface area (Å²) in [7, 11) is 4.16. The number of likely N-dealkylation sites (N-methyl/N-ethyl adjacent to an activating group) is 1. The summed E-state index contributed by atoms with van der Waals surface area (Å²) in [4.78, 5) is 22.1. The van der Waals surface area contributed by atoms with Gasteiger partial charge in [-0.3, -0.25) is 4.90 Å². The second kappa shape index (κ2) is 9.35. The molecule has 0 aromatic heterocycles. The molecule has 0 bridgehead atoms. The van der Waals surface area contributed by atoms with Crippen LogP contribution in [0.1, 0.15) is 37.7 Å². The van der Waals surface area contributed by atoms with Crippen molar-refractivity contribution in [3.8, 4) is 0 Å². The van der Waals surface area contributed by atoms with Crippen molar-refractivity contribution in [3.05, 3.63) is 29.8 Å². The van der Waals surface area contributed by atoms with Gasteiger partial charge in [-0.1, -0.05) is 12.1 Å². The second-order valence-electron chi connectivity index (χ2n) is 9.10. The van der Waals surface area contributed by atoms with E-state index >= 15 is 0 Å². The first-order chi connectivity index (χ1) is 14.1. The Bertz CT molecular complexity index is 664. The van der Waals surface area contributed by atoms with Crippen molar-refractivity contribution >= 4 is 11.7 Å². The lowest BCUT2D eigenvalue weighted by molar-refractivity contribution is 0.134. The summed E-state index contributed by atoms with van der Waals surface area (Å²) in [5, 5.41) is 3.11. The monoisotopic (exact) mass is 399 g/mol. The first kappa shape index (κ1) is 20.5. The minimum absolute atomic E-state index is 0.0452. The van der Waals surface area contributed by atoms with E-state index < -0.39 is 0 Å². The highest BCUT2D eigenvalue weighted by molar-refractivity contribution is 5.74. The lowest BCUT2D eigenvalue weighted by Crippen LogP contribution is -2.47. The summed E-state index contributed by atoms with van der Waals surface area (Å²) < 4.78 is 0. The van der Waals surface area contributed by atoms with Crippen molar-refractivity contribution in [2.45, 2.75) is 50.7 Å². The van der Waals surface area contributed by atoms with Crippen molar-refractivity contribution in [3.63, 3.8) is 0 Å². The highest BCUT2D eigenvalue weighted by Crippen LogP contribution is 2.23. The molecule has 1 N–H and O–H groups in total. The van der Waals surface area contributed by atoms with E-state index in [0.29, 0.717) is 18.6 Å². The van der Waals surface area contributed by atoms with Gasteiger partial charge in [0, 0.05) is 57.5 Å². The number of amides is 2. The van der Waals surface area contributed by atoms with Gasteiger partial charge in [-0.05, 0) is 69.9 Å². The molecule has 4 rings (SSSR count). The summed E-state index contributed by atoms with van der Waals surface area (Å²) >= 11 is 0. The Morgan fingerprint density at radius 3 is 2.41 bits per heavy atom. The van der Waals surface area contributed by atoms with E-state index in [1.54, 1.807) is 0 Å². The molecule has 1 aromatic carbocycles. The SMILES string of the molecule is CN1CCC(N2CCC(N(C)C(=O)NCc3ccc(N4CCCC4)cc3)C2)CC1. The van der Waals surface area contributed by atoms with Crippen molar-refractivity contribution in [2.75, 3.05) is 58.3 Å². The first-order valence-corrected chi connectivity index (χ1v) is 11.4. The van der Waals surface area contributed by atoms with E-state index in [4.69, 9.17) is 0 Å². The van der Waals surface area contributed by atoms with Gasteiger partial charge in [0.1, 0.15) is 0 Å². The van der Waals surface area contributed by atoms with Crippen molar-refractivity contribution < 1.29 is 4.79 Å². The van der Waals surface area contributed by atoms with Crippen molar-refractivity contribution in [1.29, 1.82) is 0 Å². The number of nitrogens with zero attached hydrogens (tertiary/aromatic N) is 4. The molecule has 0 spiro atoms. The van der Waals surface area contributed by atoms with Gasteiger partial charge in [0.25, 0.3) is 0 Å². The van der Waals surface area contributed by atoms with Gasteiger partial charge < -0.3 is 20.0 Å². The van der Waals surface area contributed by atoms with Crippen LogP contribution in [0.3, 0.4) is 0 Å². The first-order valence-electron chi connectivity index (χ1n) is 11.4. The van der Waals surface area contributed by atoms with E-state index in [0.717, 1.165) is 38.2 Å². The second-order valence-corrected chi connectivity index (χ2v) is 9.10. The largest absolute Gasteiger partial charge is 0.372 e. The Morgan fingerprint density at radius 1 is 1.03 bits per heavy atom. The number of benzene rings is 1. The predicted octanol–water partition coefficient (Wildman–Crippen LogP) is 2.60. The van der Waals surface area contributed by atoms with E-state index in [9.17, 15) is 4.79 Å². The molecule has 0 saturated carbocycles. The third kappa shape index (κ3) is 5.04. The summed E-state index contributed by atoms with van der Waals surface area (Å²) in [5.41, 5.74) is 2.46. The molecular weight excluding hydrogens is 362 g/mol. The molecule has 2 amide bonds. The molecule has 3 aliphatic rings. The number of likely N-dealkylation sites (tertiary alicyclic amines) is 2. The fraction of sp³-hybridized carbons (Fsp3) is 0.696. The zero-order chi connectivity index (χ0) is 20.2. The van der Waals surface area contributed by atoms with Gasteiger partial charge in [-0.15, -0.1) is 0 Å². The molecular formula is C23H37N5O.